The van der Waals surface area contributed by atoms with Gasteiger partial charge in [0.05, 0.1) is 21.2 Å². The van der Waals surface area contributed by atoms with Crippen molar-refractivity contribution >= 4 is 44.8 Å². The van der Waals surface area contributed by atoms with Gasteiger partial charge in [0, 0.05) is 11.7 Å². The molecule has 0 fully saturated rings. The van der Waals surface area contributed by atoms with E-state index in [1.165, 1.54) is 0 Å². The largest absolute Gasteiger partial charge is 0.416 e. The predicted molar refractivity (Wildman–Crippen MR) is 106 cm³/mol. The van der Waals surface area contributed by atoms with Crippen LogP contribution in [0.2, 0.25) is 10.0 Å². The molecule has 0 aromatic heterocycles. The quantitative estimate of drug-likeness (QED) is 0.600. The van der Waals surface area contributed by atoms with Crippen molar-refractivity contribution in [2.45, 2.75) is 37.4 Å². The lowest BCUT2D eigenvalue weighted by molar-refractivity contribution is -0.137. The molecule has 2 aromatic carbocycles. The SMILES string of the molecule is CCC(C)NC(=O)c1cc(S(=O)(=O)Nc2cccc(C(F)(F)F)c2)c(Cl)cc1Cl. The van der Waals surface area contributed by atoms with Crippen LogP contribution in [0.25, 0.3) is 0 Å². The summed E-state index contributed by atoms with van der Waals surface area (Å²) in [5.74, 6) is -0.600. The summed E-state index contributed by atoms with van der Waals surface area (Å²) < 4.78 is 66.0. The van der Waals surface area contributed by atoms with Crippen LogP contribution in [0.5, 0.6) is 0 Å². The highest BCUT2D eigenvalue weighted by Crippen LogP contribution is 2.33. The molecule has 0 radical (unpaired) electrons. The molecule has 2 rings (SSSR count). The summed E-state index contributed by atoms with van der Waals surface area (Å²) in [6.45, 7) is 3.61. The molecule has 0 saturated carbocycles. The number of rotatable bonds is 6. The molecule has 2 N–H and O–H groups in total. The molecular formula is C18H17Cl2F3N2O3S. The fourth-order valence-electron chi connectivity index (χ4n) is 2.28. The Morgan fingerprint density at radius 1 is 1.14 bits per heavy atom. The molecule has 0 aliphatic carbocycles. The van der Waals surface area contributed by atoms with Crippen LogP contribution in [0.1, 0.15) is 36.2 Å². The number of hydrogen-bond donors (Lipinski definition) is 2. The molecule has 29 heavy (non-hydrogen) atoms. The molecule has 0 aliphatic rings. The minimum absolute atomic E-state index is 0.0613. The van der Waals surface area contributed by atoms with E-state index >= 15 is 0 Å². The normalized spacial score (nSPS) is 13.1. The molecule has 2 aromatic rings. The summed E-state index contributed by atoms with van der Waals surface area (Å²) in [5.41, 5.74) is -1.45. The van der Waals surface area contributed by atoms with Crippen LogP contribution in [0.15, 0.2) is 41.3 Å². The number of amides is 1. The summed E-state index contributed by atoms with van der Waals surface area (Å²) in [6, 6.07) is 5.58. The summed E-state index contributed by atoms with van der Waals surface area (Å²) in [7, 11) is -4.40. The maximum absolute atomic E-state index is 12.8. The number of carbonyl (C=O) groups excluding carboxylic acids is 1. The number of carbonyl (C=O) groups is 1. The van der Waals surface area contributed by atoms with Crippen LogP contribution < -0.4 is 10.0 Å². The summed E-state index contributed by atoms with van der Waals surface area (Å²) >= 11 is 12.0. The topological polar surface area (TPSA) is 75.3 Å². The Morgan fingerprint density at radius 3 is 2.38 bits per heavy atom. The zero-order valence-electron chi connectivity index (χ0n) is 15.3. The van der Waals surface area contributed by atoms with Gasteiger partial charge in [-0.15, -0.1) is 0 Å². The molecule has 0 bridgehead atoms. The van der Waals surface area contributed by atoms with Crippen molar-refractivity contribution in [1.82, 2.24) is 5.32 Å². The third kappa shape index (κ3) is 5.77. The summed E-state index contributed by atoms with van der Waals surface area (Å²) in [5, 5.41) is 2.31. The van der Waals surface area contributed by atoms with Crippen molar-refractivity contribution in [3.63, 3.8) is 0 Å². The minimum Gasteiger partial charge on any atom is -0.350 e. The molecule has 0 aliphatic heterocycles. The van der Waals surface area contributed by atoms with E-state index in [1.807, 2.05) is 11.6 Å². The van der Waals surface area contributed by atoms with E-state index in [1.54, 1.807) is 6.92 Å². The van der Waals surface area contributed by atoms with Crippen LogP contribution in [0, 0.1) is 0 Å². The predicted octanol–water partition coefficient (Wildman–Crippen LogP) is 5.34. The van der Waals surface area contributed by atoms with Crippen LogP contribution in [0.4, 0.5) is 18.9 Å². The molecule has 11 heteroatoms. The lowest BCUT2D eigenvalue weighted by Crippen LogP contribution is -2.32. The number of sulfonamides is 1. The molecule has 1 amide bonds. The first-order valence-electron chi connectivity index (χ1n) is 8.35. The van der Waals surface area contributed by atoms with E-state index in [-0.39, 0.29) is 27.3 Å². The second-order valence-corrected chi connectivity index (χ2v) is 8.69. The standard InChI is InChI=1S/C18H17Cl2F3N2O3S/c1-3-10(2)24-17(26)13-8-16(15(20)9-14(13)19)29(27,28)25-12-6-4-5-11(7-12)18(21,22)23/h4-10,25H,3H2,1-2H3,(H,24,26). The summed E-state index contributed by atoms with van der Waals surface area (Å²) in [6.07, 6.45) is -4.00. The molecule has 0 spiro atoms. The Morgan fingerprint density at radius 2 is 1.79 bits per heavy atom. The van der Waals surface area contributed by atoms with Crippen molar-refractivity contribution in [3.05, 3.63) is 57.6 Å². The summed E-state index contributed by atoms with van der Waals surface area (Å²) in [4.78, 5) is 11.9. The van der Waals surface area contributed by atoms with Crippen LogP contribution in [-0.4, -0.2) is 20.4 Å². The monoisotopic (exact) mass is 468 g/mol. The van der Waals surface area contributed by atoms with Crippen LogP contribution in [-0.2, 0) is 16.2 Å². The molecule has 1 atom stereocenters. The average molecular weight is 469 g/mol. The van der Waals surface area contributed by atoms with E-state index in [9.17, 15) is 26.4 Å². The van der Waals surface area contributed by atoms with Gasteiger partial charge in [-0.2, -0.15) is 13.2 Å². The maximum atomic E-state index is 12.8. The van der Waals surface area contributed by atoms with E-state index in [2.05, 4.69) is 5.32 Å². The van der Waals surface area contributed by atoms with Gasteiger partial charge < -0.3 is 5.32 Å². The fourth-order valence-corrected chi connectivity index (χ4v) is 4.19. The fraction of sp³-hybridized carbons (Fsp3) is 0.278. The van der Waals surface area contributed by atoms with Gasteiger partial charge in [-0.25, -0.2) is 8.42 Å². The van der Waals surface area contributed by atoms with E-state index < -0.39 is 32.6 Å². The molecule has 5 nitrogen and oxygen atoms in total. The highest BCUT2D eigenvalue weighted by molar-refractivity contribution is 7.92. The molecule has 1 unspecified atom stereocenters. The molecular weight excluding hydrogens is 452 g/mol. The van der Waals surface area contributed by atoms with Gasteiger partial charge in [-0.3, -0.25) is 9.52 Å². The van der Waals surface area contributed by atoms with Crippen molar-refractivity contribution < 1.29 is 26.4 Å². The lowest BCUT2D eigenvalue weighted by atomic mass is 10.2. The number of benzene rings is 2. The van der Waals surface area contributed by atoms with Crippen molar-refractivity contribution in [2.75, 3.05) is 4.72 Å². The Balaban J connectivity index is 2.42. The van der Waals surface area contributed by atoms with Crippen LogP contribution in [0.3, 0.4) is 0 Å². The molecule has 0 heterocycles. The highest BCUT2D eigenvalue weighted by Gasteiger charge is 2.31. The van der Waals surface area contributed by atoms with E-state index in [0.29, 0.717) is 12.5 Å². The number of anilines is 1. The Labute approximate surface area is 176 Å². The first kappa shape index (κ1) is 23.3. The number of nitrogens with one attached hydrogen (secondary N) is 2. The maximum Gasteiger partial charge on any atom is 0.416 e. The third-order valence-electron chi connectivity index (χ3n) is 3.99. The van der Waals surface area contributed by atoms with Gasteiger partial charge in [0.15, 0.2) is 0 Å². The van der Waals surface area contributed by atoms with Gasteiger partial charge in [-0.05, 0) is 43.7 Å². The van der Waals surface area contributed by atoms with Gasteiger partial charge in [-0.1, -0.05) is 36.2 Å². The molecule has 0 saturated heterocycles. The second kappa shape index (κ2) is 8.81. The smallest absolute Gasteiger partial charge is 0.350 e. The van der Waals surface area contributed by atoms with Gasteiger partial charge in [0.25, 0.3) is 15.9 Å². The van der Waals surface area contributed by atoms with Gasteiger partial charge in [0.2, 0.25) is 0 Å². The zero-order chi connectivity index (χ0) is 22.0. The first-order chi connectivity index (χ1) is 13.3. The van der Waals surface area contributed by atoms with Crippen molar-refractivity contribution in [1.29, 1.82) is 0 Å². The number of hydrogen-bond acceptors (Lipinski definition) is 3. The Hall–Kier alpha value is -1.97. The van der Waals surface area contributed by atoms with E-state index in [4.69, 9.17) is 23.2 Å². The first-order valence-corrected chi connectivity index (χ1v) is 10.6. The average Bonchev–Trinajstić information content (AvgIpc) is 2.60. The Bertz CT molecular complexity index is 1030. The Kier molecular flexibility index (Phi) is 7.08. The third-order valence-corrected chi connectivity index (χ3v) is 6.15. The van der Waals surface area contributed by atoms with Crippen molar-refractivity contribution in [3.8, 4) is 0 Å². The second-order valence-electron chi connectivity index (χ2n) is 6.23. The van der Waals surface area contributed by atoms with Gasteiger partial charge >= 0.3 is 6.18 Å². The van der Waals surface area contributed by atoms with Crippen molar-refractivity contribution in [2.24, 2.45) is 0 Å². The molecule has 158 valence electrons. The van der Waals surface area contributed by atoms with Crippen LogP contribution >= 0.6 is 23.2 Å². The minimum atomic E-state index is -4.64. The van der Waals surface area contributed by atoms with Gasteiger partial charge in [0.1, 0.15) is 4.90 Å². The van der Waals surface area contributed by atoms with E-state index in [0.717, 1.165) is 30.3 Å². The number of halogens is 5. The highest BCUT2D eigenvalue weighted by atomic mass is 35.5. The number of alkyl halides is 3. The zero-order valence-corrected chi connectivity index (χ0v) is 17.6. The lowest BCUT2D eigenvalue weighted by Gasteiger charge is -2.15.